The second-order valence-electron chi connectivity index (χ2n) is 3.50. The fraction of sp³-hybridized carbons (Fsp3) is 0. The molecule has 2 aromatic rings. The number of amides is 1. The maximum atomic E-state index is 11.6. The molecule has 1 aromatic carbocycles. The highest BCUT2D eigenvalue weighted by molar-refractivity contribution is 5.94. The first-order valence-corrected chi connectivity index (χ1v) is 5.29. The molecule has 0 fully saturated rings. The number of hydrogen-bond acceptors (Lipinski definition) is 5. The Kier molecular flexibility index (Phi) is 3.67. The van der Waals surface area contributed by atoms with Crippen molar-refractivity contribution in [2.24, 2.45) is 5.10 Å². The summed E-state index contributed by atoms with van der Waals surface area (Å²) < 4.78 is 4.83. The molecule has 1 heterocycles. The van der Waals surface area contributed by atoms with Gasteiger partial charge in [0.1, 0.15) is 4.92 Å². The zero-order chi connectivity index (χ0) is 13.7. The number of nitrogens with one attached hydrogen (secondary N) is 1. The molecule has 0 saturated carbocycles. The van der Waals surface area contributed by atoms with Crippen molar-refractivity contribution in [2.45, 2.75) is 0 Å². The third-order valence-corrected chi connectivity index (χ3v) is 2.19. The summed E-state index contributed by atoms with van der Waals surface area (Å²) in [6.45, 7) is 0. The summed E-state index contributed by atoms with van der Waals surface area (Å²) in [5.74, 6) is -0.575. The van der Waals surface area contributed by atoms with Gasteiger partial charge in [0, 0.05) is 5.56 Å². The van der Waals surface area contributed by atoms with E-state index in [1.54, 1.807) is 30.3 Å². The van der Waals surface area contributed by atoms with E-state index < -0.39 is 4.92 Å². The topological polar surface area (TPSA) is 97.7 Å². The Balaban J connectivity index is 1.96. The van der Waals surface area contributed by atoms with Crippen LogP contribution in [0, 0.1) is 10.1 Å². The van der Waals surface area contributed by atoms with Crippen LogP contribution in [0.15, 0.2) is 52.0 Å². The number of furan rings is 1. The molecule has 0 bridgehead atoms. The predicted molar refractivity (Wildman–Crippen MR) is 66.9 cm³/mol. The first kappa shape index (κ1) is 12.5. The van der Waals surface area contributed by atoms with Crippen LogP contribution in [0.1, 0.15) is 16.1 Å². The van der Waals surface area contributed by atoms with Gasteiger partial charge in [-0.15, -0.1) is 0 Å². The van der Waals surface area contributed by atoms with Crippen molar-refractivity contribution in [3.63, 3.8) is 0 Å². The van der Waals surface area contributed by atoms with Gasteiger partial charge in [0.2, 0.25) is 0 Å². The van der Waals surface area contributed by atoms with Gasteiger partial charge < -0.3 is 4.42 Å². The maximum Gasteiger partial charge on any atom is 0.433 e. The van der Waals surface area contributed by atoms with Crippen LogP contribution in [-0.4, -0.2) is 17.0 Å². The van der Waals surface area contributed by atoms with E-state index in [9.17, 15) is 14.9 Å². The molecule has 1 amide bonds. The normalized spacial score (nSPS) is 10.5. The second kappa shape index (κ2) is 5.58. The van der Waals surface area contributed by atoms with Crippen molar-refractivity contribution in [2.75, 3.05) is 0 Å². The Morgan fingerprint density at radius 1 is 1.26 bits per heavy atom. The second-order valence-corrected chi connectivity index (χ2v) is 3.50. The summed E-state index contributed by atoms with van der Waals surface area (Å²) in [6.07, 6.45) is 1.19. The molecule has 0 saturated heterocycles. The first-order valence-electron chi connectivity index (χ1n) is 5.29. The average Bonchev–Trinajstić information content (AvgIpc) is 2.89. The molecule has 1 aromatic heterocycles. The Morgan fingerprint density at radius 2 is 2.00 bits per heavy atom. The average molecular weight is 259 g/mol. The highest BCUT2D eigenvalue weighted by atomic mass is 16.6. The van der Waals surface area contributed by atoms with Crippen molar-refractivity contribution >= 4 is 18.0 Å². The standard InChI is InChI=1S/C12H9N3O4/c16-12(9-4-2-1-3-5-9)14-13-8-10-6-7-11(19-10)15(17)18/h1-8H,(H,14,16)/b13-8-. The molecule has 96 valence electrons. The monoisotopic (exact) mass is 259 g/mol. The molecule has 19 heavy (non-hydrogen) atoms. The Morgan fingerprint density at radius 3 is 2.63 bits per heavy atom. The molecule has 2 rings (SSSR count). The molecule has 0 spiro atoms. The third kappa shape index (κ3) is 3.25. The van der Waals surface area contributed by atoms with Crippen LogP contribution < -0.4 is 5.43 Å². The number of carbonyl (C=O) groups excluding carboxylic acids is 1. The molecule has 0 aliphatic carbocycles. The zero-order valence-corrected chi connectivity index (χ0v) is 9.65. The van der Waals surface area contributed by atoms with Crippen LogP contribution in [0.2, 0.25) is 0 Å². The van der Waals surface area contributed by atoms with E-state index in [1.807, 2.05) is 0 Å². The van der Waals surface area contributed by atoms with Crippen molar-refractivity contribution in [1.29, 1.82) is 0 Å². The minimum absolute atomic E-state index is 0.181. The number of rotatable bonds is 4. The quantitative estimate of drug-likeness (QED) is 0.515. The van der Waals surface area contributed by atoms with Crippen LogP contribution in [0.3, 0.4) is 0 Å². The van der Waals surface area contributed by atoms with Gasteiger partial charge in [-0.3, -0.25) is 14.9 Å². The van der Waals surface area contributed by atoms with Crippen molar-refractivity contribution in [3.8, 4) is 0 Å². The van der Waals surface area contributed by atoms with E-state index in [4.69, 9.17) is 4.42 Å². The molecule has 0 radical (unpaired) electrons. The van der Waals surface area contributed by atoms with Gasteiger partial charge >= 0.3 is 5.88 Å². The molecule has 7 nitrogen and oxygen atoms in total. The van der Waals surface area contributed by atoms with Gasteiger partial charge in [-0.05, 0) is 18.2 Å². The highest BCUT2D eigenvalue weighted by Crippen LogP contribution is 2.13. The molecular formula is C12H9N3O4. The van der Waals surface area contributed by atoms with Crippen LogP contribution >= 0.6 is 0 Å². The van der Waals surface area contributed by atoms with Gasteiger partial charge in [-0.2, -0.15) is 5.10 Å². The van der Waals surface area contributed by atoms with E-state index >= 15 is 0 Å². The summed E-state index contributed by atoms with van der Waals surface area (Å²) in [5.41, 5.74) is 2.75. The molecule has 0 aliphatic rings. The number of nitro groups is 1. The number of hydrazone groups is 1. The molecular weight excluding hydrogens is 250 g/mol. The van der Waals surface area contributed by atoms with Crippen molar-refractivity contribution < 1.29 is 14.1 Å². The third-order valence-electron chi connectivity index (χ3n) is 2.19. The fourth-order valence-electron chi connectivity index (χ4n) is 1.32. The molecule has 0 aliphatic heterocycles. The zero-order valence-electron chi connectivity index (χ0n) is 9.65. The lowest BCUT2D eigenvalue weighted by molar-refractivity contribution is -0.402. The van der Waals surface area contributed by atoms with E-state index in [0.29, 0.717) is 5.56 Å². The lowest BCUT2D eigenvalue weighted by Crippen LogP contribution is -2.17. The highest BCUT2D eigenvalue weighted by Gasteiger charge is 2.10. The van der Waals surface area contributed by atoms with Crippen LogP contribution in [-0.2, 0) is 0 Å². The van der Waals surface area contributed by atoms with Crippen LogP contribution in [0.5, 0.6) is 0 Å². The SMILES string of the molecule is O=C(N/N=C\c1ccc([N+](=O)[O-])o1)c1ccccc1. The van der Waals surface area contributed by atoms with Crippen LogP contribution in [0.25, 0.3) is 0 Å². The largest absolute Gasteiger partial charge is 0.433 e. The van der Waals surface area contributed by atoms with Crippen molar-refractivity contribution in [1.82, 2.24) is 5.43 Å². The predicted octanol–water partition coefficient (Wildman–Crippen LogP) is 1.95. The first-order chi connectivity index (χ1) is 9.16. The Bertz CT molecular complexity index is 619. The number of carbonyl (C=O) groups is 1. The lowest BCUT2D eigenvalue weighted by atomic mass is 10.2. The molecule has 0 unspecified atom stereocenters. The van der Waals surface area contributed by atoms with E-state index in [-0.39, 0.29) is 17.6 Å². The lowest BCUT2D eigenvalue weighted by Gasteiger charge is -1.97. The Labute approximate surface area is 107 Å². The summed E-state index contributed by atoms with van der Waals surface area (Å²) in [5, 5.41) is 14.0. The minimum atomic E-state index is -0.653. The summed E-state index contributed by atoms with van der Waals surface area (Å²) in [4.78, 5) is 21.3. The number of benzene rings is 1. The number of nitrogens with zero attached hydrogens (tertiary/aromatic N) is 2. The van der Waals surface area contributed by atoms with Gasteiger partial charge in [-0.25, -0.2) is 5.43 Å². The minimum Gasteiger partial charge on any atom is -0.400 e. The molecule has 7 heteroatoms. The van der Waals surface area contributed by atoms with Gasteiger partial charge in [-0.1, -0.05) is 18.2 Å². The van der Waals surface area contributed by atoms with E-state index in [1.165, 1.54) is 18.3 Å². The van der Waals surface area contributed by atoms with Gasteiger partial charge in [0.25, 0.3) is 5.91 Å². The van der Waals surface area contributed by atoms with E-state index in [0.717, 1.165) is 0 Å². The summed E-state index contributed by atoms with van der Waals surface area (Å²) in [7, 11) is 0. The van der Waals surface area contributed by atoms with Crippen LogP contribution in [0.4, 0.5) is 5.88 Å². The van der Waals surface area contributed by atoms with Crippen molar-refractivity contribution in [3.05, 3.63) is 63.9 Å². The van der Waals surface area contributed by atoms with Gasteiger partial charge in [0.15, 0.2) is 5.76 Å². The summed E-state index contributed by atoms with van der Waals surface area (Å²) in [6, 6.07) is 11.1. The molecule has 0 atom stereocenters. The maximum absolute atomic E-state index is 11.6. The number of hydrogen-bond donors (Lipinski definition) is 1. The van der Waals surface area contributed by atoms with E-state index in [2.05, 4.69) is 10.5 Å². The molecule has 1 N–H and O–H groups in total. The summed E-state index contributed by atoms with van der Waals surface area (Å²) >= 11 is 0. The smallest absolute Gasteiger partial charge is 0.400 e. The fourth-order valence-corrected chi connectivity index (χ4v) is 1.32. The Hall–Kier alpha value is -2.96. The van der Waals surface area contributed by atoms with Gasteiger partial charge in [0.05, 0.1) is 12.3 Å².